The van der Waals surface area contributed by atoms with Gasteiger partial charge in [0.25, 0.3) is 0 Å². The van der Waals surface area contributed by atoms with Gasteiger partial charge in [0.1, 0.15) is 6.33 Å². The Morgan fingerprint density at radius 1 is 1.24 bits per heavy atom. The molecule has 2 aliphatic rings. The molecule has 1 aliphatic heterocycles. The Hall–Kier alpha value is -2.02. The number of amides is 1. The summed E-state index contributed by atoms with van der Waals surface area (Å²) in [5.74, 6) is 0.634. The second kappa shape index (κ2) is 7.07. The molecule has 1 saturated carbocycles. The number of aromatic nitrogens is 3. The molecule has 2 aromatic rings. The van der Waals surface area contributed by atoms with Gasteiger partial charge in [0, 0.05) is 37.9 Å². The van der Waals surface area contributed by atoms with E-state index in [1.165, 1.54) is 35.9 Å². The molecule has 132 valence electrons. The Kier molecular flexibility index (Phi) is 4.65. The van der Waals surface area contributed by atoms with Gasteiger partial charge in [-0.15, -0.1) is 10.2 Å². The van der Waals surface area contributed by atoms with Crippen LogP contribution in [0.5, 0.6) is 0 Å². The van der Waals surface area contributed by atoms with Gasteiger partial charge in [-0.05, 0) is 37.5 Å². The van der Waals surface area contributed by atoms with Crippen molar-refractivity contribution >= 4 is 23.4 Å². The quantitative estimate of drug-likeness (QED) is 0.769. The summed E-state index contributed by atoms with van der Waals surface area (Å²) in [5, 5.41) is 9.01. The van der Waals surface area contributed by atoms with E-state index in [1.54, 1.807) is 6.33 Å². The monoisotopic (exact) mass is 357 g/mol. The van der Waals surface area contributed by atoms with Crippen LogP contribution in [0.4, 0.5) is 5.69 Å². The number of piperazine rings is 1. The third-order valence-electron chi connectivity index (χ3n) is 4.80. The van der Waals surface area contributed by atoms with Crippen molar-refractivity contribution in [3.8, 4) is 0 Å². The van der Waals surface area contributed by atoms with Crippen LogP contribution in [0.1, 0.15) is 24.4 Å². The summed E-state index contributed by atoms with van der Waals surface area (Å²) >= 11 is 1.51. The predicted molar refractivity (Wildman–Crippen MR) is 99.0 cm³/mol. The minimum absolute atomic E-state index is 0.194. The summed E-state index contributed by atoms with van der Waals surface area (Å²) in [5.41, 5.74) is 2.52. The predicted octanol–water partition coefficient (Wildman–Crippen LogP) is 2.36. The fraction of sp³-hybridized carbons (Fsp3) is 0.500. The van der Waals surface area contributed by atoms with Crippen LogP contribution in [0.3, 0.4) is 0 Å². The molecule has 6 nitrogen and oxygen atoms in total. The molecule has 0 unspecified atom stereocenters. The normalized spacial score (nSPS) is 17.8. The minimum atomic E-state index is 0.194. The van der Waals surface area contributed by atoms with E-state index in [0.29, 0.717) is 11.8 Å². The zero-order chi connectivity index (χ0) is 17.2. The number of anilines is 1. The van der Waals surface area contributed by atoms with E-state index in [1.807, 2.05) is 4.90 Å². The van der Waals surface area contributed by atoms with Crippen LogP contribution in [0.2, 0.25) is 0 Å². The van der Waals surface area contributed by atoms with Gasteiger partial charge in [-0.3, -0.25) is 4.79 Å². The lowest BCUT2D eigenvalue weighted by Gasteiger charge is -2.36. The lowest BCUT2D eigenvalue weighted by atomic mass is 10.2. The van der Waals surface area contributed by atoms with Crippen LogP contribution in [0, 0.1) is 6.92 Å². The summed E-state index contributed by atoms with van der Waals surface area (Å²) in [6, 6.07) is 9.10. The fourth-order valence-corrected chi connectivity index (χ4v) is 4.08. The molecule has 0 N–H and O–H groups in total. The van der Waals surface area contributed by atoms with Gasteiger partial charge in [0.15, 0.2) is 5.16 Å². The Bertz CT molecular complexity index is 749. The maximum atomic E-state index is 12.5. The van der Waals surface area contributed by atoms with Gasteiger partial charge in [0.05, 0.1) is 5.75 Å². The Labute approximate surface area is 152 Å². The molecule has 0 atom stereocenters. The third-order valence-corrected chi connectivity index (χ3v) is 5.75. The average Bonchev–Trinajstić information content (AvgIpc) is 3.38. The highest BCUT2D eigenvalue weighted by atomic mass is 32.2. The van der Waals surface area contributed by atoms with E-state index in [-0.39, 0.29) is 5.91 Å². The van der Waals surface area contributed by atoms with Crippen molar-refractivity contribution in [3.05, 3.63) is 36.2 Å². The zero-order valence-electron chi connectivity index (χ0n) is 14.5. The van der Waals surface area contributed by atoms with Crippen LogP contribution in [0.25, 0.3) is 0 Å². The van der Waals surface area contributed by atoms with Crippen molar-refractivity contribution in [2.75, 3.05) is 36.8 Å². The van der Waals surface area contributed by atoms with Crippen molar-refractivity contribution in [3.63, 3.8) is 0 Å². The van der Waals surface area contributed by atoms with Crippen LogP contribution in [-0.4, -0.2) is 57.5 Å². The third kappa shape index (κ3) is 3.81. The fourth-order valence-electron chi connectivity index (χ4n) is 3.19. The summed E-state index contributed by atoms with van der Waals surface area (Å²) in [4.78, 5) is 16.8. The number of nitrogens with zero attached hydrogens (tertiary/aromatic N) is 5. The Morgan fingerprint density at radius 3 is 2.76 bits per heavy atom. The number of hydrogen-bond donors (Lipinski definition) is 0. The average molecular weight is 357 g/mol. The van der Waals surface area contributed by atoms with Crippen LogP contribution in [-0.2, 0) is 4.79 Å². The molecular formula is C18H23N5OS. The number of thioether (sulfide) groups is 1. The Balaban J connectivity index is 1.28. The number of carbonyl (C=O) groups excluding carboxylic acids is 1. The first kappa shape index (κ1) is 16.4. The molecule has 0 spiro atoms. The first-order valence-electron chi connectivity index (χ1n) is 8.82. The second-order valence-electron chi connectivity index (χ2n) is 6.75. The van der Waals surface area contributed by atoms with E-state index in [4.69, 9.17) is 0 Å². The number of benzene rings is 1. The highest BCUT2D eigenvalue weighted by Crippen LogP contribution is 2.37. The molecule has 25 heavy (non-hydrogen) atoms. The van der Waals surface area contributed by atoms with Crippen molar-refractivity contribution < 1.29 is 4.79 Å². The smallest absolute Gasteiger partial charge is 0.233 e. The van der Waals surface area contributed by atoms with Gasteiger partial charge in [-0.25, -0.2) is 0 Å². The summed E-state index contributed by atoms with van der Waals surface area (Å²) in [7, 11) is 0. The van der Waals surface area contributed by atoms with E-state index in [0.717, 1.165) is 31.3 Å². The number of rotatable bonds is 5. The largest absolute Gasteiger partial charge is 0.368 e. The van der Waals surface area contributed by atoms with Crippen molar-refractivity contribution in [2.45, 2.75) is 31.0 Å². The van der Waals surface area contributed by atoms with Crippen LogP contribution in [0.15, 0.2) is 35.7 Å². The molecule has 1 saturated heterocycles. The first-order chi connectivity index (χ1) is 12.2. The molecule has 1 aliphatic carbocycles. The molecule has 2 fully saturated rings. The standard InChI is InChI=1S/C18H23N5OS/c1-14-3-2-4-16(11-14)21-7-9-22(10-8-21)17(24)12-25-18-20-19-13-23(18)15-5-6-15/h2-4,11,13,15H,5-10,12H2,1H3. The van der Waals surface area contributed by atoms with E-state index in [9.17, 15) is 4.79 Å². The van der Waals surface area contributed by atoms with E-state index in [2.05, 4.69) is 50.9 Å². The van der Waals surface area contributed by atoms with Gasteiger partial charge in [-0.1, -0.05) is 23.9 Å². The number of hydrogen-bond acceptors (Lipinski definition) is 5. The number of aryl methyl sites for hydroxylation is 1. The molecule has 1 aromatic heterocycles. The maximum absolute atomic E-state index is 12.5. The minimum Gasteiger partial charge on any atom is -0.368 e. The highest BCUT2D eigenvalue weighted by Gasteiger charge is 2.27. The molecule has 0 bridgehead atoms. The zero-order valence-corrected chi connectivity index (χ0v) is 15.3. The summed E-state index contributed by atoms with van der Waals surface area (Å²) in [6.07, 6.45) is 4.17. The van der Waals surface area contributed by atoms with Crippen molar-refractivity contribution in [1.82, 2.24) is 19.7 Å². The molecular weight excluding hydrogens is 334 g/mol. The van der Waals surface area contributed by atoms with Gasteiger partial charge < -0.3 is 14.4 Å². The van der Waals surface area contributed by atoms with Crippen LogP contribution < -0.4 is 4.90 Å². The first-order valence-corrected chi connectivity index (χ1v) is 9.81. The second-order valence-corrected chi connectivity index (χ2v) is 7.69. The van der Waals surface area contributed by atoms with Gasteiger partial charge in [0.2, 0.25) is 5.91 Å². The Morgan fingerprint density at radius 2 is 2.04 bits per heavy atom. The molecule has 0 radical (unpaired) electrons. The molecule has 1 aromatic carbocycles. The molecule has 4 rings (SSSR count). The van der Waals surface area contributed by atoms with E-state index < -0.39 is 0 Å². The molecule has 1 amide bonds. The van der Waals surface area contributed by atoms with Crippen molar-refractivity contribution in [1.29, 1.82) is 0 Å². The summed E-state index contributed by atoms with van der Waals surface area (Å²) < 4.78 is 2.10. The lowest BCUT2D eigenvalue weighted by molar-refractivity contribution is -0.128. The topological polar surface area (TPSA) is 54.3 Å². The van der Waals surface area contributed by atoms with Crippen molar-refractivity contribution in [2.24, 2.45) is 0 Å². The molecule has 7 heteroatoms. The van der Waals surface area contributed by atoms with Gasteiger partial charge >= 0.3 is 0 Å². The number of carbonyl (C=O) groups is 1. The maximum Gasteiger partial charge on any atom is 0.233 e. The SMILES string of the molecule is Cc1cccc(N2CCN(C(=O)CSc3nncn3C3CC3)CC2)c1. The van der Waals surface area contributed by atoms with Gasteiger partial charge in [-0.2, -0.15) is 0 Å². The van der Waals surface area contributed by atoms with Crippen LogP contribution >= 0.6 is 11.8 Å². The summed E-state index contributed by atoms with van der Waals surface area (Å²) in [6.45, 7) is 5.45. The highest BCUT2D eigenvalue weighted by molar-refractivity contribution is 7.99. The lowest BCUT2D eigenvalue weighted by Crippen LogP contribution is -2.49. The van der Waals surface area contributed by atoms with E-state index >= 15 is 0 Å². The molecule has 2 heterocycles.